The Morgan fingerprint density at radius 2 is 2.00 bits per heavy atom. The molecule has 2 heterocycles. The predicted octanol–water partition coefficient (Wildman–Crippen LogP) is 3.91. The zero-order chi connectivity index (χ0) is 15.8. The number of imidazole rings is 1. The molecule has 0 bridgehead atoms. The molecule has 1 saturated heterocycles. The summed E-state index contributed by atoms with van der Waals surface area (Å²) in [5, 5.41) is 0. The smallest absolute Gasteiger partial charge is 0.253 e. The number of aromatic amines is 1. The van der Waals surface area contributed by atoms with Gasteiger partial charge in [0.2, 0.25) is 0 Å². The van der Waals surface area contributed by atoms with Crippen molar-refractivity contribution in [3.8, 4) is 0 Å². The van der Waals surface area contributed by atoms with Crippen molar-refractivity contribution in [1.29, 1.82) is 0 Å². The molecule has 1 aliphatic heterocycles. The van der Waals surface area contributed by atoms with Crippen LogP contribution < -0.4 is 0 Å². The van der Waals surface area contributed by atoms with Crippen LogP contribution in [0.1, 0.15) is 54.7 Å². The van der Waals surface area contributed by atoms with Crippen molar-refractivity contribution >= 4 is 16.9 Å². The van der Waals surface area contributed by atoms with Crippen molar-refractivity contribution in [3.05, 3.63) is 29.6 Å². The molecular formula is C19H25N3O. The quantitative estimate of drug-likeness (QED) is 0.914. The lowest BCUT2D eigenvalue weighted by molar-refractivity contribution is 0.0780. The molecule has 0 spiro atoms. The molecule has 2 aliphatic rings. The number of carbonyl (C=O) groups excluding carboxylic acids is 1. The minimum Gasteiger partial charge on any atom is -0.342 e. The number of carbonyl (C=O) groups is 1. The number of H-pyrrole nitrogens is 1. The lowest BCUT2D eigenvalue weighted by atomic mass is 9.80. The monoisotopic (exact) mass is 311 g/mol. The molecule has 1 atom stereocenters. The van der Waals surface area contributed by atoms with Crippen LogP contribution in [0, 0.1) is 18.8 Å². The fourth-order valence-corrected chi connectivity index (χ4v) is 4.41. The minimum absolute atomic E-state index is 0.178. The Morgan fingerprint density at radius 1 is 1.17 bits per heavy atom. The molecule has 1 aromatic heterocycles. The van der Waals surface area contributed by atoms with Gasteiger partial charge in [0.25, 0.3) is 5.91 Å². The highest BCUT2D eigenvalue weighted by atomic mass is 16.2. The van der Waals surface area contributed by atoms with E-state index in [-0.39, 0.29) is 5.91 Å². The Kier molecular flexibility index (Phi) is 3.83. The Bertz CT molecular complexity index is 714. The predicted molar refractivity (Wildman–Crippen MR) is 91.4 cm³/mol. The number of benzene rings is 1. The second-order valence-corrected chi connectivity index (χ2v) is 7.25. The van der Waals surface area contributed by atoms with Gasteiger partial charge in [-0.15, -0.1) is 0 Å². The van der Waals surface area contributed by atoms with E-state index in [0.29, 0.717) is 0 Å². The highest BCUT2D eigenvalue weighted by Crippen LogP contribution is 2.35. The van der Waals surface area contributed by atoms with Gasteiger partial charge in [-0.3, -0.25) is 4.79 Å². The summed E-state index contributed by atoms with van der Waals surface area (Å²) < 4.78 is 0. The van der Waals surface area contributed by atoms with Crippen molar-refractivity contribution in [1.82, 2.24) is 14.9 Å². The average Bonchev–Trinajstić information content (AvgIpc) is 3.20. The number of likely N-dealkylation sites (tertiary alicyclic amines) is 1. The van der Waals surface area contributed by atoms with E-state index >= 15 is 0 Å². The van der Waals surface area contributed by atoms with Crippen LogP contribution in [-0.4, -0.2) is 33.9 Å². The molecule has 122 valence electrons. The maximum atomic E-state index is 12.8. The fourth-order valence-electron chi connectivity index (χ4n) is 4.41. The Labute approximate surface area is 137 Å². The van der Waals surface area contributed by atoms with Gasteiger partial charge in [-0.05, 0) is 43.4 Å². The number of hydrogen-bond acceptors (Lipinski definition) is 2. The molecule has 1 N–H and O–H groups in total. The number of nitrogens with one attached hydrogen (secondary N) is 1. The van der Waals surface area contributed by atoms with Crippen molar-refractivity contribution in [2.45, 2.75) is 45.4 Å². The highest BCUT2D eigenvalue weighted by molar-refractivity contribution is 5.97. The van der Waals surface area contributed by atoms with E-state index in [9.17, 15) is 4.79 Å². The lowest BCUT2D eigenvalue weighted by Gasteiger charge is -2.27. The van der Waals surface area contributed by atoms with Crippen LogP contribution in [-0.2, 0) is 0 Å². The van der Waals surface area contributed by atoms with Crippen molar-refractivity contribution in [2.24, 2.45) is 11.8 Å². The van der Waals surface area contributed by atoms with E-state index in [4.69, 9.17) is 0 Å². The Morgan fingerprint density at radius 3 is 2.83 bits per heavy atom. The van der Waals surface area contributed by atoms with E-state index in [1.807, 2.05) is 25.1 Å². The number of amides is 1. The standard InChI is InChI=1S/C19H25N3O/c1-13-20-17-8-7-15(11-18(17)21-13)19(23)22-10-9-16(12-22)14-5-3-2-4-6-14/h7-8,11,14,16H,2-6,9-10,12H2,1H3,(H,20,21)/t16-/m1/s1. The first-order valence-corrected chi connectivity index (χ1v) is 8.96. The van der Waals surface area contributed by atoms with Crippen LogP contribution in [0.5, 0.6) is 0 Å². The SMILES string of the molecule is Cc1nc2ccc(C(=O)N3CC[C@@H](C4CCCCC4)C3)cc2[nH]1. The summed E-state index contributed by atoms with van der Waals surface area (Å²) in [4.78, 5) is 22.5. The molecule has 0 unspecified atom stereocenters. The van der Waals surface area contributed by atoms with Gasteiger partial charge in [-0.1, -0.05) is 32.1 Å². The Hall–Kier alpha value is -1.84. The van der Waals surface area contributed by atoms with E-state index < -0.39 is 0 Å². The van der Waals surface area contributed by atoms with Crippen molar-refractivity contribution < 1.29 is 4.79 Å². The number of hydrogen-bond donors (Lipinski definition) is 1. The summed E-state index contributed by atoms with van der Waals surface area (Å²) in [6.07, 6.45) is 8.07. The summed E-state index contributed by atoms with van der Waals surface area (Å²) in [6, 6.07) is 5.81. The normalized spacial score (nSPS) is 22.8. The number of aromatic nitrogens is 2. The van der Waals surface area contributed by atoms with Gasteiger partial charge >= 0.3 is 0 Å². The van der Waals surface area contributed by atoms with E-state index in [1.54, 1.807) is 0 Å². The molecular weight excluding hydrogens is 286 g/mol. The lowest BCUT2D eigenvalue weighted by Crippen LogP contribution is -2.30. The zero-order valence-electron chi connectivity index (χ0n) is 13.8. The van der Waals surface area contributed by atoms with E-state index in [0.717, 1.165) is 47.3 Å². The molecule has 1 saturated carbocycles. The topological polar surface area (TPSA) is 49.0 Å². The molecule has 4 rings (SSSR count). The highest BCUT2D eigenvalue weighted by Gasteiger charge is 2.32. The van der Waals surface area contributed by atoms with Gasteiger partial charge in [0.15, 0.2) is 0 Å². The largest absolute Gasteiger partial charge is 0.342 e. The molecule has 0 radical (unpaired) electrons. The van der Waals surface area contributed by atoms with Gasteiger partial charge < -0.3 is 9.88 Å². The average molecular weight is 311 g/mol. The van der Waals surface area contributed by atoms with Crippen LogP contribution in [0.4, 0.5) is 0 Å². The first-order chi connectivity index (χ1) is 11.2. The number of fused-ring (bicyclic) bond motifs is 1. The summed E-state index contributed by atoms with van der Waals surface area (Å²) in [5.41, 5.74) is 2.67. The molecule has 1 aliphatic carbocycles. The van der Waals surface area contributed by atoms with Crippen LogP contribution in [0.3, 0.4) is 0 Å². The number of rotatable bonds is 2. The van der Waals surface area contributed by atoms with Gasteiger partial charge in [0, 0.05) is 18.7 Å². The first kappa shape index (κ1) is 14.7. The number of aryl methyl sites for hydroxylation is 1. The molecule has 4 heteroatoms. The molecule has 23 heavy (non-hydrogen) atoms. The maximum absolute atomic E-state index is 12.8. The Balaban J connectivity index is 1.47. The summed E-state index contributed by atoms with van der Waals surface area (Å²) in [5.74, 6) is 2.64. The molecule has 1 aromatic carbocycles. The second-order valence-electron chi connectivity index (χ2n) is 7.25. The van der Waals surface area contributed by atoms with Crippen molar-refractivity contribution in [3.63, 3.8) is 0 Å². The zero-order valence-corrected chi connectivity index (χ0v) is 13.8. The second kappa shape index (κ2) is 5.99. The van der Waals surface area contributed by atoms with Crippen LogP contribution in [0.2, 0.25) is 0 Å². The maximum Gasteiger partial charge on any atom is 0.253 e. The number of nitrogens with zero attached hydrogens (tertiary/aromatic N) is 2. The molecule has 1 amide bonds. The molecule has 2 fully saturated rings. The van der Waals surface area contributed by atoms with E-state index in [1.165, 1.54) is 38.5 Å². The fraction of sp³-hybridized carbons (Fsp3) is 0.579. The third-order valence-electron chi connectivity index (χ3n) is 5.68. The van der Waals surface area contributed by atoms with Gasteiger partial charge in [-0.25, -0.2) is 4.98 Å². The summed E-state index contributed by atoms with van der Waals surface area (Å²) >= 11 is 0. The summed E-state index contributed by atoms with van der Waals surface area (Å²) in [7, 11) is 0. The van der Waals surface area contributed by atoms with Crippen LogP contribution >= 0.6 is 0 Å². The summed E-state index contributed by atoms with van der Waals surface area (Å²) in [6.45, 7) is 3.81. The van der Waals surface area contributed by atoms with Crippen LogP contribution in [0.25, 0.3) is 11.0 Å². The van der Waals surface area contributed by atoms with Gasteiger partial charge in [0.1, 0.15) is 5.82 Å². The third kappa shape index (κ3) is 2.87. The molecule has 4 nitrogen and oxygen atoms in total. The van der Waals surface area contributed by atoms with Gasteiger partial charge in [-0.2, -0.15) is 0 Å². The first-order valence-electron chi connectivity index (χ1n) is 8.96. The third-order valence-corrected chi connectivity index (χ3v) is 5.68. The molecule has 2 aromatic rings. The van der Waals surface area contributed by atoms with Gasteiger partial charge in [0.05, 0.1) is 11.0 Å². The van der Waals surface area contributed by atoms with E-state index in [2.05, 4.69) is 14.9 Å². The van der Waals surface area contributed by atoms with Crippen molar-refractivity contribution in [2.75, 3.05) is 13.1 Å². The minimum atomic E-state index is 0.178. The van der Waals surface area contributed by atoms with Crippen LogP contribution in [0.15, 0.2) is 18.2 Å².